The van der Waals surface area contributed by atoms with Crippen molar-refractivity contribution < 1.29 is 19.4 Å². The molecule has 6 heteroatoms. The number of nitrogens with one attached hydrogen (secondary N) is 1. The SMILES string of the molecule is COc1ccc(CCNC(=O)N(C)Cc2ccc(OC)c(O)c2)cc1. The molecular weight excluding hydrogens is 320 g/mol. The number of ether oxygens (including phenoxy) is 2. The van der Waals surface area contributed by atoms with E-state index in [0.717, 1.165) is 23.3 Å². The molecule has 0 saturated carbocycles. The van der Waals surface area contributed by atoms with Crippen LogP contribution in [0.15, 0.2) is 42.5 Å². The first-order chi connectivity index (χ1) is 12.0. The largest absolute Gasteiger partial charge is 0.504 e. The van der Waals surface area contributed by atoms with Crippen LogP contribution in [0.1, 0.15) is 11.1 Å². The van der Waals surface area contributed by atoms with Gasteiger partial charge in [0.25, 0.3) is 0 Å². The zero-order valence-corrected chi connectivity index (χ0v) is 14.8. The van der Waals surface area contributed by atoms with Crippen LogP contribution in [0.4, 0.5) is 4.79 Å². The van der Waals surface area contributed by atoms with E-state index in [-0.39, 0.29) is 11.8 Å². The van der Waals surface area contributed by atoms with E-state index in [4.69, 9.17) is 9.47 Å². The third-order valence-electron chi connectivity index (χ3n) is 3.86. The maximum absolute atomic E-state index is 12.2. The maximum Gasteiger partial charge on any atom is 0.317 e. The van der Waals surface area contributed by atoms with E-state index >= 15 is 0 Å². The third kappa shape index (κ3) is 5.31. The van der Waals surface area contributed by atoms with Crippen molar-refractivity contribution in [2.75, 3.05) is 27.8 Å². The molecule has 0 aliphatic heterocycles. The van der Waals surface area contributed by atoms with Crippen LogP contribution < -0.4 is 14.8 Å². The average molecular weight is 344 g/mol. The van der Waals surface area contributed by atoms with E-state index in [1.54, 1.807) is 31.2 Å². The molecule has 2 rings (SSSR count). The molecule has 2 amide bonds. The van der Waals surface area contributed by atoms with Crippen LogP contribution in [0, 0.1) is 0 Å². The molecule has 0 aliphatic carbocycles. The van der Waals surface area contributed by atoms with E-state index in [2.05, 4.69) is 5.32 Å². The van der Waals surface area contributed by atoms with E-state index in [1.165, 1.54) is 7.11 Å². The fraction of sp³-hybridized carbons (Fsp3) is 0.316. The van der Waals surface area contributed by atoms with Gasteiger partial charge in [0.1, 0.15) is 5.75 Å². The number of nitrogens with zero attached hydrogens (tertiary/aromatic N) is 1. The number of urea groups is 1. The highest BCUT2D eigenvalue weighted by molar-refractivity contribution is 5.73. The Morgan fingerprint density at radius 3 is 2.36 bits per heavy atom. The summed E-state index contributed by atoms with van der Waals surface area (Å²) in [6, 6.07) is 12.7. The zero-order chi connectivity index (χ0) is 18.2. The summed E-state index contributed by atoms with van der Waals surface area (Å²) in [7, 11) is 4.84. The molecule has 2 aromatic carbocycles. The molecule has 0 aliphatic rings. The van der Waals surface area contributed by atoms with Gasteiger partial charge in [0, 0.05) is 20.1 Å². The average Bonchev–Trinajstić information content (AvgIpc) is 2.62. The van der Waals surface area contributed by atoms with Crippen molar-refractivity contribution in [3.8, 4) is 17.2 Å². The van der Waals surface area contributed by atoms with Crippen molar-refractivity contribution in [2.45, 2.75) is 13.0 Å². The lowest BCUT2D eigenvalue weighted by atomic mass is 10.1. The number of hydrogen-bond donors (Lipinski definition) is 2. The number of hydrogen-bond acceptors (Lipinski definition) is 4. The Bertz CT molecular complexity index is 701. The van der Waals surface area contributed by atoms with Crippen molar-refractivity contribution in [1.82, 2.24) is 10.2 Å². The first kappa shape index (κ1) is 18.4. The van der Waals surface area contributed by atoms with Crippen LogP contribution in [0.3, 0.4) is 0 Å². The first-order valence-corrected chi connectivity index (χ1v) is 8.01. The van der Waals surface area contributed by atoms with Gasteiger partial charge in [-0.15, -0.1) is 0 Å². The van der Waals surface area contributed by atoms with Gasteiger partial charge in [0.2, 0.25) is 0 Å². The molecule has 0 atom stereocenters. The number of methoxy groups -OCH3 is 2. The number of phenols is 1. The fourth-order valence-electron chi connectivity index (χ4n) is 2.42. The van der Waals surface area contributed by atoms with Gasteiger partial charge in [-0.2, -0.15) is 0 Å². The molecule has 2 aromatic rings. The summed E-state index contributed by atoms with van der Waals surface area (Å²) in [6.45, 7) is 0.940. The molecule has 0 fully saturated rings. The third-order valence-corrected chi connectivity index (χ3v) is 3.86. The van der Waals surface area contributed by atoms with Gasteiger partial charge < -0.3 is 24.8 Å². The second-order valence-electron chi connectivity index (χ2n) is 5.69. The molecule has 134 valence electrons. The predicted molar refractivity (Wildman–Crippen MR) is 96.2 cm³/mol. The van der Waals surface area contributed by atoms with E-state index < -0.39 is 0 Å². The van der Waals surface area contributed by atoms with Crippen molar-refractivity contribution in [3.63, 3.8) is 0 Å². The number of carbonyl (C=O) groups is 1. The standard InChI is InChI=1S/C19H24N2O4/c1-21(13-15-6-9-18(25-3)17(22)12-15)19(23)20-11-10-14-4-7-16(24-2)8-5-14/h4-9,12,22H,10-11,13H2,1-3H3,(H,20,23). The molecular formula is C19H24N2O4. The molecule has 2 N–H and O–H groups in total. The smallest absolute Gasteiger partial charge is 0.317 e. The Morgan fingerprint density at radius 1 is 1.08 bits per heavy atom. The van der Waals surface area contributed by atoms with Crippen molar-refractivity contribution in [2.24, 2.45) is 0 Å². The molecule has 6 nitrogen and oxygen atoms in total. The number of amides is 2. The zero-order valence-electron chi connectivity index (χ0n) is 14.8. The lowest BCUT2D eigenvalue weighted by Gasteiger charge is -2.18. The van der Waals surface area contributed by atoms with Crippen LogP contribution in [-0.4, -0.2) is 43.8 Å². The highest BCUT2D eigenvalue weighted by atomic mass is 16.5. The molecule has 0 aromatic heterocycles. The number of phenolic OH excluding ortho intramolecular Hbond substituents is 1. The molecule has 0 unspecified atom stereocenters. The Labute approximate surface area is 148 Å². The Morgan fingerprint density at radius 2 is 1.76 bits per heavy atom. The normalized spacial score (nSPS) is 10.2. The van der Waals surface area contributed by atoms with Crippen molar-refractivity contribution >= 4 is 6.03 Å². The highest BCUT2D eigenvalue weighted by Crippen LogP contribution is 2.26. The quantitative estimate of drug-likeness (QED) is 0.810. The lowest BCUT2D eigenvalue weighted by molar-refractivity contribution is 0.207. The summed E-state index contributed by atoms with van der Waals surface area (Å²) in [4.78, 5) is 13.7. The van der Waals surface area contributed by atoms with Crippen LogP contribution in [0.5, 0.6) is 17.2 Å². The Kier molecular flexibility index (Phi) is 6.51. The van der Waals surface area contributed by atoms with Crippen LogP contribution in [0.2, 0.25) is 0 Å². The van der Waals surface area contributed by atoms with Gasteiger partial charge in [-0.1, -0.05) is 18.2 Å². The summed E-state index contributed by atoms with van der Waals surface area (Å²) < 4.78 is 10.1. The predicted octanol–water partition coefficient (Wildman–Crippen LogP) is 2.79. The summed E-state index contributed by atoms with van der Waals surface area (Å²) >= 11 is 0. The monoisotopic (exact) mass is 344 g/mol. The minimum Gasteiger partial charge on any atom is -0.504 e. The van der Waals surface area contributed by atoms with Gasteiger partial charge in [0.05, 0.1) is 14.2 Å². The van der Waals surface area contributed by atoms with E-state index in [1.807, 2.05) is 30.3 Å². The lowest BCUT2D eigenvalue weighted by Crippen LogP contribution is -2.37. The van der Waals surface area contributed by atoms with Gasteiger partial charge in [-0.25, -0.2) is 4.79 Å². The molecule has 0 radical (unpaired) electrons. The van der Waals surface area contributed by atoms with Crippen LogP contribution in [-0.2, 0) is 13.0 Å². The summed E-state index contributed by atoms with van der Waals surface area (Å²) in [5.74, 6) is 1.29. The first-order valence-electron chi connectivity index (χ1n) is 8.01. The topological polar surface area (TPSA) is 71.0 Å². The van der Waals surface area contributed by atoms with Gasteiger partial charge in [-0.05, 0) is 41.8 Å². The number of carbonyl (C=O) groups excluding carboxylic acids is 1. The number of aromatic hydroxyl groups is 1. The fourth-order valence-corrected chi connectivity index (χ4v) is 2.42. The molecule has 0 bridgehead atoms. The summed E-state index contributed by atoms with van der Waals surface area (Å²) in [5, 5.41) is 12.7. The van der Waals surface area contributed by atoms with Crippen LogP contribution >= 0.6 is 0 Å². The Hall–Kier alpha value is -2.89. The van der Waals surface area contributed by atoms with Crippen LogP contribution in [0.25, 0.3) is 0 Å². The van der Waals surface area contributed by atoms with Crippen molar-refractivity contribution in [1.29, 1.82) is 0 Å². The Balaban J connectivity index is 1.80. The molecule has 25 heavy (non-hydrogen) atoms. The minimum atomic E-state index is -0.163. The second kappa shape index (κ2) is 8.82. The van der Waals surface area contributed by atoms with Gasteiger partial charge in [0.15, 0.2) is 11.5 Å². The van der Waals surface area contributed by atoms with Crippen molar-refractivity contribution in [3.05, 3.63) is 53.6 Å². The van der Waals surface area contributed by atoms with Gasteiger partial charge >= 0.3 is 6.03 Å². The highest BCUT2D eigenvalue weighted by Gasteiger charge is 2.10. The summed E-state index contributed by atoms with van der Waals surface area (Å²) in [6.07, 6.45) is 0.743. The number of benzene rings is 2. The minimum absolute atomic E-state index is 0.0633. The summed E-state index contributed by atoms with van der Waals surface area (Å²) in [5.41, 5.74) is 1.95. The van der Waals surface area contributed by atoms with E-state index in [9.17, 15) is 9.90 Å². The van der Waals surface area contributed by atoms with E-state index in [0.29, 0.717) is 18.8 Å². The maximum atomic E-state index is 12.2. The molecule has 0 saturated heterocycles. The molecule has 0 heterocycles. The van der Waals surface area contributed by atoms with Gasteiger partial charge in [-0.3, -0.25) is 0 Å². The second-order valence-corrected chi connectivity index (χ2v) is 5.69. The number of rotatable bonds is 7. The molecule has 0 spiro atoms.